The maximum Gasteiger partial charge on any atom is 0.0195 e. The van der Waals surface area contributed by atoms with Crippen molar-refractivity contribution in [1.82, 2.24) is 10.2 Å². The van der Waals surface area contributed by atoms with E-state index in [0.717, 1.165) is 12.0 Å². The highest BCUT2D eigenvalue weighted by atomic mass is 15.1. The Bertz CT molecular complexity index is 141. The molecule has 1 rings (SSSR count). The van der Waals surface area contributed by atoms with Crippen molar-refractivity contribution in [2.24, 2.45) is 5.92 Å². The normalized spacial score (nSPS) is 24.4. The van der Waals surface area contributed by atoms with E-state index < -0.39 is 0 Å². The van der Waals surface area contributed by atoms with Crippen molar-refractivity contribution in [3.8, 4) is 0 Å². The van der Waals surface area contributed by atoms with E-state index in [2.05, 4.69) is 31.0 Å². The minimum absolute atomic E-state index is 0.763. The van der Waals surface area contributed by atoms with Gasteiger partial charge in [-0.3, -0.25) is 0 Å². The molecule has 0 bridgehead atoms. The molecule has 2 atom stereocenters. The van der Waals surface area contributed by atoms with E-state index in [1.165, 1.54) is 45.4 Å². The van der Waals surface area contributed by atoms with Gasteiger partial charge in [-0.1, -0.05) is 27.2 Å². The molecule has 1 heterocycles. The summed E-state index contributed by atoms with van der Waals surface area (Å²) in [7, 11) is 0. The monoisotopic (exact) mass is 198 g/mol. The molecular weight excluding hydrogens is 172 g/mol. The standard InChI is InChI=1S/C12H26N2/c1-4-11(3)9-14(5-2)10-12-7-6-8-13-12/h11-13H,4-10H2,1-3H3. The molecule has 0 radical (unpaired) electrons. The molecule has 0 aliphatic carbocycles. The summed E-state index contributed by atoms with van der Waals surface area (Å²) in [4.78, 5) is 2.59. The predicted molar refractivity (Wildman–Crippen MR) is 62.6 cm³/mol. The molecule has 1 aliphatic heterocycles. The molecule has 0 saturated carbocycles. The molecule has 1 N–H and O–H groups in total. The Morgan fingerprint density at radius 2 is 2.21 bits per heavy atom. The van der Waals surface area contributed by atoms with Crippen molar-refractivity contribution in [3.63, 3.8) is 0 Å². The Labute approximate surface area is 89.1 Å². The zero-order valence-corrected chi connectivity index (χ0v) is 10.1. The third-order valence-electron chi connectivity index (χ3n) is 3.35. The summed E-state index contributed by atoms with van der Waals surface area (Å²) in [5.41, 5.74) is 0. The zero-order valence-electron chi connectivity index (χ0n) is 10.1. The molecule has 1 fully saturated rings. The van der Waals surface area contributed by atoms with Gasteiger partial charge in [-0.2, -0.15) is 0 Å². The van der Waals surface area contributed by atoms with Gasteiger partial charge in [-0.05, 0) is 31.8 Å². The third-order valence-corrected chi connectivity index (χ3v) is 3.35. The minimum Gasteiger partial charge on any atom is -0.313 e. The summed E-state index contributed by atoms with van der Waals surface area (Å²) in [6.07, 6.45) is 4.04. The van der Waals surface area contributed by atoms with Crippen LogP contribution >= 0.6 is 0 Å². The Kier molecular flexibility index (Phi) is 5.49. The highest BCUT2D eigenvalue weighted by Gasteiger charge is 2.17. The van der Waals surface area contributed by atoms with Crippen LogP contribution in [0.3, 0.4) is 0 Å². The smallest absolute Gasteiger partial charge is 0.0195 e. The summed E-state index contributed by atoms with van der Waals surface area (Å²) in [6, 6.07) is 0.763. The molecule has 1 saturated heterocycles. The highest BCUT2D eigenvalue weighted by Crippen LogP contribution is 2.09. The first-order chi connectivity index (χ1) is 6.76. The Morgan fingerprint density at radius 3 is 2.71 bits per heavy atom. The number of rotatable bonds is 6. The van der Waals surface area contributed by atoms with Crippen LogP contribution in [-0.2, 0) is 0 Å². The van der Waals surface area contributed by atoms with Gasteiger partial charge in [0.25, 0.3) is 0 Å². The van der Waals surface area contributed by atoms with Crippen LogP contribution in [0, 0.1) is 5.92 Å². The topological polar surface area (TPSA) is 15.3 Å². The average Bonchev–Trinajstić information content (AvgIpc) is 2.69. The van der Waals surface area contributed by atoms with Crippen molar-refractivity contribution in [1.29, 1.82) is 0 Å². The summed E-state index contributed by atoms with van der Waals surface area (Å²) in [5.74, 6) is 0.844. The van der Waals surface area contributed by atoms with Crippen molar-refractivity contribution in [3.05, 3.63) is 0 Å². The van der Waals surface area contributed by atoms with Crippen molar-refractivity contribution < 1.29 is 0 Å². The lowest BCUT2D eigenvalue weighted by molar-refractivity contribution is 0.226. The van der Waals surface area contributed by atoms with E-state index in [1.807, 2.05) is 0 Å². The largest absolute Gasteiger partial charge is 0.313 e. The first-order valence-corrected chi connectivity index (χ1v) is 6.22. The summed E-state index contributed by atoms with van der Waals surface area (Å²) in [6.45, 7) is 11.9. The molecule has 2 unspecified atom stereocenters. The quantitative estimate of drug-likeness (QED) is 0.703. The number of hydrogen-bond acceptors (Lipinski definition) is 2. The van der Waals surface area contributed by atoms with Crippen LogP contribution in [-0.4, -0.2) is 37.1 Å². The maximum atomic E-state index is 3.57. The van der Waals surface area contributed by atoms with Crippen molar-refractivity contribution in [2.45, 2.75) is 46.1 Å². The lowest BCUT2D eigenvalue weighted by Crippen LogP contribution is -2.39. The van der Waals surface area contributed by atoms with Gasteiger partial charge in [0, 0.05) is 19.1 Å². The molecule has 2 heteroatoms. The molecule has 0 spiro atoms. The highest BCUT2D eigenvalue weighted by molar-refractivity contribution is 4.78. The molecule has 2 nitrogen and oxygen atoms in total. The molecule has 0 aromatic carbocycles. The second-order valence-electron chi connectivity index (χ2n) is 4.66. The Hall–Kier alpha value is -0.0800. The van der Waals surface area contributed by atoms with Crippen molar-refractivity contribution in [2.75, 3.05) is 26.2 Å². The van der Waals surface area contributed by atoms with Gasteiger partial charge in [0.05, 0.1) is 0 Å². The summed E-state index contributed by atoms with van der Waals surface area (Å²) < 4.78 is 0. The van der Waals surface area contributed by atoms with Crippen molar-refractivity contribution >= 4 is 0 Å². The number of nitrogens with one attached hydrogen (secondary N) is 1. The molecule has 0 aromatic heterocycles. The lowest BCUT2D eigenvalue weighted by atomic mass is 10.1. The Morgan fingerprint density at radius 1 is 1.43 bits per heavy atom. The first kappa shape index (κ1) is 12.0. The van der Waals surface area contributed by atoms with Gasteiger partial charge in [0.1, 0.15) is 0 Å². The van der Waals surface area contributed by atoms with Crippen LogP contribution in [0.15, 0.2) is 0 Å². The van der Waals surface area contributed by atoms with Gasteiger partial charge >= 0.3 is 0 Å². The second kappa shape index (κ2) is 6.41. The van der Waals surface area contributed by atoms with Gasteiger partial charge in [0.15, 0.2) is 0 Å². The van der Waals surface area contributed by atoms with E-state index in [9.17, 15) is 0 Å². The maximum absolute atomic E-state index is 3.57. The molecule has 0 aromatic rings. The number of nitrogens with zero attached hydrogens (tertiary/aromatic N) is 1. The molecule has 84 valence electrons. The summed E-state index contributed by atoms with van der Waals surface area (Å²) >= 11 is 0. The SMILES string of the molecule is CCC(C)CN(CC)CC1CCCN1. The number of likely N-dealkylation sites (N-methyl/N-ethyl adjacent to an activating group) is 1. The minimum atomic E-state index is 0.763. The van der Waals surface area contributed by atoms with E-state index in [0.29, 0.717) is 0 Å². The Balaban J connectivity index is 2.22. The van der Waals surface area contributed by atoms with E-state index in [-0.39, 0.29) is 0 Å². The summed E-state index contributed by atoms with van der Waals surface area (Å²) in [5, 5.41) is 3.57. The van der Waals surface area contributed by atoms with Gasteiger partial charge < -0.3 is 10.2 Å². The molecule has 14 heavy (non-hydrogen) atoms. The fourth-order valence-electron chi connectivity index (χ4n) is 2.13. The fourth-order valence-corrected chi connectivity index (χ4v) is 2.13. The van der Waals surface area contributed by atoms with Crippen LogP contribution < -0.4 is 5.32 Å². The first-order valence-electron chi connectivity index (χ1n) is 6.22. The number of hydrogen-bond donors (Lipinski definition) is 1. The van der Waals surface area contributed by atoms with E-state index >= 15 is 0 Å². The van der Waals surface area contributed by atoms with Crippen LogP contribution in [0.4, 0.5) is 0 Å². The molecule has 1 aliphatic rings. The van der Waals surface area contributed by atoms with Crippen LogP contribution in [0.25, 0.3) is 0 Å². The predicted octanol–water partition coefficient (Wildman–Crippen LogP) is 2.11. The molecule has 0 amide bonds. The van der Waals surface area contributed by atoms with Crippen LogP contribution in [0.5, 0.6) is 0 Å². The zero-order chi connectivity index (χ0) is 10.4. The van der Waals surface area contributed by atoms with Gasteiger partial charge in [-0.25, -0.2) is 0 Å². The lowest BCUT2D eigenvalue weighted by Gasteiger charge is -2.26. The van der Waals surface area contributed by atoms with Crippen LogP contribution in [0.2, 0.25) is 0 Å². The third kappa shape index (κ3) is 3.97. The van der Waals surface area contributed by atoms with E-state index in [4.69, 9.17) is 0 Å². The molecular formula is C12H26N2. The van der Waals surface area contributed by atoms with Gasteiger partial charge in [0.2, 0.25) is 0 Å². The fraction of sp³-hybridized carbons (Fsp3) is 1.00. The second-order valence-corrected chi connectivity index (χ2v) is 4.66. The van der Waals surface area contributed by atoms with E-state index in [1.54, 1.807) is 0 Å². The average molecular weight is 198 g/mol. The van der Waals surface area contributed by atoms with Crippen LogP contribution in [0.1, 0.15) is 40.0 Å². The van der Waals surface area contributed by atoms with Gasteiger partial charge in [-0.15, -0.1) is 0 Å².